The summed E-state index contributed by atoms with van der Waals surface area (Å²) in [6.45, 7) is 5.94. The topological polar surface area (TPSA) is 81.4 Å². The molecule has 27 heavy (non-hydrogen) atoms. The molecule has 1 unspecified atom stereocenters. The summed E-state index contributed by atoms with van der Waals surface area (Å²) < 4.78 is 11.0. The van der Waals surface area contributed by atoms with Crippen LogP contribution in [0.25, 0.3) is 11.0 Å². The molecular formula is C21H22N2O4. The van der Waals surface area contributed by atoms with Gasteiger partial charge in [0.15, 0.2) is 6.10 Å². The number of pyridine rings is 1. The van der Waals surface area contributed by atoms with Crippen molar-refractivity contribution in [1.82, 2.24) is 10.3 Å². The van der Waals surface area contributed by atoms with Gasteiger partial charge < -0.3 is 14.5 Å². The van der Waals surface area contributed by atoms with E-state index in [9.17, 15) is 9.59 Å². The number of fused-ring (bicyclic) bond motifs is 1. The molecule has 0 aliphatic rings. The van der Waals surface area contributed by atoms with E-state index in [4.69, 9.17) is 9.15 Å². The molecule has 0 spiro atoms. The zero-order valence-corrected chi connectivity index (χ0v) is 15.6. The van der Waals surface area contributed by atoms with Crippen molar-refractivity contribution in [3.63, 3.8) is 0 Å². The Labute approximate surface area is 157 Å². The molecule has 1 N–H and O–H groups in total. The fraction of sp³-hybridized carbons (Fsp3) is 0.286. The SMILES string of the molecule is CCc1cc(=O)oc2cc(OC(C)C(=O)NCc3ncccc3C)ccc12. The van der Waals surface area contributed by atoms with Crippen LogP contribution in [-0.4, -0.2) is 17.0 Å². The smallest absolute Gasteiger partial charge is 0.336 e. The second-order valence-electron chi connectivity index (χ2n) is 6.35. The van der Waals surface area contributed by atoms with Gasteiger partial charge in [-0.25, -0.2) is 4.79 Å². The number of rotatable bonds is 6. The molecule has 3 aromatic rings. The fourth-order valence-electron chi connectivity index (χ4n) is 2.85. The molecule has 140 valence electrons. The van der Waals surface area contributed by atoms with Gasteiger partial charge in [-0.1, -0.05) is 13.0 Å². The van der Waals surface area contributed by atoms with Gasteiger partial charge in [-0.05, 0) is 49.6 Å². The van der Waals surface area contributed by atoms with E-state index < -0.39 is 11.7 Å². The minimum atomic E-state index is -0.701. The zero-order valence-electron chi connectivity index (χ0n) is 15.6. The molecule has 2 aromatic heterocycles. The van der Waals surface area contributed by atoms with Gasteiger partial charge in [0.05, 0.1) is 12.2 Å². The maximum absolute atomic E-state index is 12.3. The molecule has 0 fully saturated rings. The number of hydrogen-bond acceptors (Lipinski definition) is 5. The van der Waals surface area contributed by atoms with Crippen molar-refractivity contribution in [3.8, 4) is 5.75 Å². The fourth-order valence-corrected chi connectivity index (χ4v) is 2.85. The van der Waals surface area contributed by atoms with Crippen molar-refractivity contribution in [2.75, 3.05) is 0 Å². The molecule has 6 heteroatoms. The summed E-state index contributed by atoms with van der Waals surface area (Å²) in [7, 11) is 0. The van der Waals surface area contributed by atoms with Crippen LogP contribution < -0.4 is 15.7 Å². The second-order valence-corrected chi connectivity index (χ2v) is 6.35. The van der Waals surface area contributed by atoms with Gasteiger partial charge in [0, 0.05) is 23.7 Å². The molecule has 0 radical (unpaired) electrons. The number of aromatic nitrogens is 1. The van der Waals surface area contributed by atoms with E-state index in [1.165, 1.54) is 6.07 Å². The van der Waals surface area contributed by atoms with Crippen molar-refractivity contribution >= 4 is 16.9 Å². The van der Waals surface area contributed by atoms with Crippen LogP contribution >= 0.6 is 0 Å². The Bertz CT molecular complexity index is 1030. The predicted octanol–water partition coefficient (Wildman–Crippen LogP) is 3.14. The first-order chi connectivity index (χ1) is 13.0. The number of benzene rings is 1. The molecule has 6 nitrogen and oxygen atoms in total. The van der Waals surface area contributed by atoms with Crippen molar-refractivity contribution in [3.05, 3.63) is 69.8 Å². The Hall–Kier alpha value is -3.15. The predicted molar refractivity (Wildman–Crippen MR) is 103 cm³/mol. The summed E-state index contributed by atoms with van der Waals surface area (Å²) in [6, 6.07) is 10.6. The number of ether oxygens (including phenoxy) is 1. The molecule has 1 aromatic carbocycles. The van der Waals surface area contributed by atoms with E-state index in [1.54, 1.807) is 25.3 Å². The van der Waals surface area contributed by atoms with Crippen LogP contribution in [-0.2, 0) is 17.8 Å². The van der Waals surface area contributed by atoms with E-state index in [0.717, 1.165) is 28.6 Å². The van der Waals surface area contributed by atoms with Crippen LogP contribution in [0.4, 0.5) is 0 Å². The highest BCUT2D eigenvalue weighted by molar-refractivity contribution is 5.83. The lowest BCUT2D eigenvalue weighted by atomic mass is 10.1. The first-order valence-corrected chi connectivity index (χ1v) is 8.89. The highest BCUT2D eigenvalue weighted by Gasteiger charge is 2.16. The Balaban J connectivity index is 1.69. The minimum absolute atomic E-state index is 0.246. The third-order valence-electron chi connectivity index (χ3n) is 4.41. The van der Waals surface area contributed by atoms with Gasteiger partial charge >= 0.3 is 5.63 Å². The van der Waals surface area contributed by atoms with Crippen LogP contribution in [0.3, 0.4) is 0 Å². The van der Waals surface area contributed by atoms with Crippen LogP contribution in [0, 0.1) is 6.92 Å². The molecular weight excluding hydrogens is 344 g/mol. The molecule has 3 rings (SSSR count). The molecule has 1 atom stereocenters. The maximum atomic E-state index is 12.3. The highest BCUT2D eigenvalue weighted by atomic mass is 16.5. The van der Waals surface area contributed by atoms with Gasteiger partial charge in [-0.3, -0.25) is 9.78 Å². The molecule has 1 amide bonds. The molecule has 0 aliphatic heterocycles. The normalized spacial score (nSPS) is 12.0. The molecule has 0 bridgehead atoms. The number of aryl methyl sites for hydroxylation is 2. The average Bonchev–Trinajstić information content (AvgIpc) is 2.66. The van der Waals surface area contributed by atoms with Crippen molar-refractivity contribution < 1.29 is 13.9 Å². The van der Waals surface area contributed by atoms with Crippen molar-refractivity contribution in [2.45, 2.75) is 39.8 Å². The summed E-state index contributed by atoms with van der Waals surface area (Å²) in [5.41, 5.74) is 2.81. The molecule has 0 aliphatic carbocycles. The number of nitrogens with zero attached hydrogens (tertiary/aromatic N) is 1. The standard InChI is InChI=1S/C21H22N2O4/c1-4-15-10-20(24)27-19-11-16(7-8-17(15)19)26-14(3)21(25)23-12-18-13(2)6-5-9-22-18/h5-11,14H,4,12H2,1-3H3,(H,23,25). The van der Waals surface area contributed by atoms with E-state index in [2.05, 4.69) is 10.3 Å². The number of hydrogen-bond donors (Lipinski definition) is 1. The van der Waals surface area contributed by atoms with Gasteiger partial charge in [0.1, 0.15) is 11.3 Å². The van der Waals surface area contributed by atoms with Crippen LogP contribution in [0.1, 0.15) is 30.7 Å². The van der Waals surface area contributed by atoms with Crippen molar-refractivity contribution in [2.24, 2.45) is 0 Å². The monoisotopic (exact) mass is 366 g/mol. The van der Waals surface area contributed by atoms with Crippen LogP contribution in [0.15, 0.2) is 51.8 Å². The number of carbonyl (C=O) groups is 1. The Morgan fingerprint density at radius 3 is 2.85 bits per heavy atom. The lowest BCUT2D eigenvalue weighted by Gasteiger charge is -2.15. The van der Waals surface area contributed by atoms with Crippen LogP contribution in [0.5, 0.6) is 5.75 Å². The van der Waals surface area contributed by atoms with Gasteiger partial charge in [0.2, 0.25) is 0 Å². The molecule has 2 heterocycles. The second kappa shape index (κ2) is 8.03. The van der Waals surface area contributed by atoms with Gasteiger partial charge in [0.25, 0.3) is 5.91 Å². The Kier molecular flexibility index (Phi) is 5.54. The van der Waals surface area contributed by atoms with Crippen LogP contribution in [0.2, 0.25) is 0 Å². The molecule has 0 saturated heterocycles. The maximum Gasteiger partial charge on any atom is 0.336 e. The largest absolute Gasteiger partial charge is 0.481 e. The summed E-state index contributed by atoms with van der Waals surface area (Å²) in [4.78, 5) is 28.2. The Morgan fingerprint density at radius 1 is 1.30 bits per heavy atom. The number of nitrogens with one attached hydrogen (secondary N) is 1. The first-order valence-electron chi connectivity index (χ1n) is 8.89. The lowest BCUT2D eigenvalue weighted by Crippen LogP contribution is -2.36. The van der Waals surface area contributed by atoms with Crippen molar-refractivity contribution in [1.29, 1.82) is 0 Å². The van der Waals surface area contributed by atoms with E-state index in [0.29, 0.717) is 17.9 Å². The third kappa shape index (κ3) is 4.34. The summed E-state index contributed by atoms with van der Waals surface area (Å²) in [5, 5.41) is 3.69. The van der Waals surface area contributed by atoms with Gasteiger partial charge in [-0.15, -0.1) is 0 Å². The minimum Gasteiger partial charge on any atom is -0.481 e. The zero-order chi connectivity index (χ0) is 19.4. The van der Waals surface area contributed by atoms with Gasteiger partial charge in [-0.2, -0.15) is 0 Å². The molecule has 0 saturated carbocycles. The summed E-state index contributed by atoms with van der Waals surface area (Å²) >= 11 is 0. The number of amides is 1. The summed E-state index contributed by atoms with van der Waals surface area (Å²) in [6.07, 6.45) is 1.73. The highest BCUT2D eigenvalue weighted by Crippen LogP contribution is 2.23. The quantitative estimate of drug-likeness (QED) is 0.678. The van der Waals surface area contributed by atoms with E-state index in [1.807, 2.05) is 32.0 Å². The lowest BCUT2D eigenvalue weighted by molar-refractivity contribution is -0.127. The first kappa shape index (κ1) is 18.6. The van der Waals surface area contributed by atoms with E-state index in [-0.39, 0.29) is 5.91 Å². The third-order valence-corrected chi connectivity index (χ3v) is 4.41. The number of carbonyl (C=O) groups excluding carboxylic acids is 1. The Morgan fingerprint density at radius 2 is 2.11 bits per heavy atom. The van der Waals surface area contributed by atoms with E-state index >= 15 is 0 Å². The average molecular weight is 366 g/mol. The summed E-state index contributed by atoms with van der Waals surface area (Å²) in [5.74, 6) is 0.222.